The summed E-state index contributed by atoms with van der Waals surface area (Å²) in [5.74, 6) is -0.148. The number of nitrogens with zero attached hydrogens (tertiary/aromatic N) is 1. The number of carbonyl (C=O) groups is 2. The van der Waals surface area contributed by atoms with Crippen molar-refractivity contribution in [3.63, 3.8) is 0 Å². The SMILES string of the molecule is CCCCNC(=O)C(Cc1ccccc1)N(Cc1ccc(Cl)cc1)C(=O)CCc1ccccc1. The minimum absolute atomic E-state index is 0.0367. The summed E-state index contributed by atoms with van der Waals surface area (Å²) >= 11 is 6.07. The van der Waals surface area contributed by atoms with Crippen LogP contribution in [0, 0.1) is 0 Å². The summed E-state index contributed by atoms with van der Waals surface area (Å²) in [6.45, 7) is 3.05. The summed E-state index contributed by atoms with van der Waals surface area (Å²) in [5, 5.41) is 3.70. The van der Waals surface area contributed by atoms with E-state index in [9.17, 15) is 9.59 Å². The standard InChI is InChI=1S/C29H33ClN2O2/c1-2-3-20-31-29(34)27(21-24-12-8-5-9-13-24)32(22-25-14-17-26(30)18-15-25)28(33)19-16-23-10-6-4-7-11-23/h4-15,17-18,27H,2-3,16,19-22H2,1H3,(H,31,34). The lowest BCUT2D eigenvalue weighted by Crippen LogP contribution is -2.50. The van der Waals surface area contributed by atoms with Crippen LogP contribution in [-0.2, 0) is 29.0 Å². The molecular weight excluding hydrogens is 444 g/mol. The number of rotatable bonds is 12. The Kier molecular flexibility index (Phi) is 10.2. The summed E-state index contributed by atoms with van der Waals surface area (Å²) in [5.41, 5.74) is 3.07. The summed E-state index contributed by atoms with van der Waals surface area (Å²) in [4.78, 5) is 28.7. The highest BCUT2D eigenvalue weighted by molar-refractivity contribution is 6.30. The quantitative estimate of drug-likeness (QED) is 0.334. The third-order valence-corrected chi connectivity index (χ3v) is 6.09. The van der Waals surface area contributed by atoms with Gasteiger partial charge in [0.25, 0.3) is 0 Å². The largest absolute Gasteiger partial charge is 0.354 e. The van der Waals surface area contributed by atoms with Gasteiger partial charge < -0.3 is 10.2 Å². The van der Waals surface area contributed by atoms with Gasteiger partial charge in [0.05, 0.1) is 0 Å². The lowest BCUT2D eigenvalue weighted by molar-refractivity contribution is -0.141. The Hall–Kier alpha value is -3.11. The second kappa shape index (κ2) is 13.6. The Morgan fingerprint density at radius 1 is 0.853 bits per heavy atom. The molecule has 0 bridgehead atoms. The molecule has 0 aliphatic carbocycles. The van der Waals surface area contributed by atoms with E-state index >= 15 is 0 Å². The van der Waals surface area contributed by atoms with Crippen LogP contribution in [0.4, 0.5) is 0 Å². The molecule has 0 aromatic heterocycles. The minimum Gasteiger partial charge on any atom is -0.354 e. The topological polar surface area (TPSA) is 49.4 Å². The fourth-order valence-electron chi connectivity index (χ4n) is 3.89. The van der Waals surface area contributed by atoms with Crippen molar-refractivity contribution in [2.45, 2.75) is 51.6 Å². The van der Waals surface area contributed by atoms with Crippen LogP contribution in [0.3, 0.4) is 0 Å². The Balaban J connectivity index is 1.86. The molecule has 0 radical (unpaired) electrons. The lowest BCUT2D eigenvalue weighted by Gasteiger charge is -2.31. The second-order valence-corrected chi connectivity index (χ2v) is 8.92. The molecule has 3 rings (SSSR count). The van der Waals surface area contributed by atoms with Crippen LogP contribution in [0.15, 0.2) is 84.9 Å². The van der Waals surface area contributed by atoms with Gasteiger partial charge in [0.15, 0.2) is 0 Å². The molecule has 0 saturated heterocycles. The third-order valence-electron chi connectivity index (χ3n) is 5.84. The molecule has 34 heavy (non-hydrogen) atoms. The number of hydrogen-bond donors (Lipinski definition) is 1. The first-order chi connectivity index (χ1) is 16.6. The van der Waals surface area contributed by atoms with Gasteiger partial charge in [0.1, 0.15) is 6.04 Å². The Morgan fingerprint density at radius 2 is 1.47 bits per heavy atom. The molecule has 0 fully saturated rings. The monoisotopic (exact) mass is 476 g/mol. The molecule has 178 valence electrons. The first-order valence-corrected chi connectivity index (χ1v) is 12.3. The number of halogens is 1. The van der Waals surface area contributed by atoms with Crippen LogP contribution in [0.5, 0.6) is 0 Å². The molecule has 5 heteroatoms. The number of nitrogens with one attached hydrogen (secondary N) is 1. The number of hydrogen-bond acceptors (Lipinski definition) is 2. The normalized spacial score (nSPS) is 11.6. The van der Waals surface area contributed by atoms with Gasteiger partial charge in [0, 0.05) is 31.0 Å². The predicted octanol–water partition coefficient (Wildman–Crippen LogP) is 5.83. The van der Waals surface area contributed by atoms with Crippen molar-refractivity contribution >= 4 is 23.4 Å². The van der Waals surface area contributed by atoms with Gasteiger partial charge >= 0.3 is 0 Å². The summed E-state index contributed by atoms with van der Waals surface area (Å²) in [7, 11) is 0. The van der Waals surface area contributed by atoms with Crippen LogP contribution in [0.25, 0.3) is 0 Å². The van der Waals surface area contributed by atoms with Gasteiger partial charge in [-0.2, -0.15) is 0 Å². The fraction of sp³-hybridized carbons (Fsp3) is 0.310. The Morgan fingerprint density at radius 3 is 2.09 bits per heavy atom. The average Bonchev–Trinajstić information content (AvgIpc) is 2.87. The van der Waals surface area contributed by atoms with Gasteiger partial charge in [-0.25, -0.2) is 0 Å². The number of benzene rings is 3. The maximum atomic E-state index is 13.6. The molecule has 3 aromatic carbocycles. The Labute approximate surface area is 207 Å². The first-order valence-electron chi connectivity index (χ1n) is 12.0. The van der Waals surface area contributed by atoms with Gasteiger partial charge in [-0.3, -0.25) is 9.59 Å². The van der Waals surface area contributed by atoms with E-state index in [-0.39, 0.29) is 11.8 Å². The fourth-order valence-corrected chi connectivity index (χ4v) is 4.01. The van der Waals surface area contributed by atoms with Crippen molar-refractivity contribution in [1.82, 2.24) is 10.2 Å². The molecule has 0 aliphatic heterocycles. The molecule has 0 heterocycles. The number of aryl methyl sites for hydroxylation is 1. The molecule has 4 nitrogen and oxygen atoms in total. The van der Waals surface area contributed by atoms with Crippen molar-refractivity contribution in [2.24, 2.45) is 0 Å². The van der Waals surface area contributed by atoms with Crippen molar-refractivity contribution in [3.8, 4) is 0 Å². The van der Waals surface area contributed by atoms with Gasteiger partial charge in [0.2, 0.25) is 11.8 Å². The smallest absolute Gasteiger partial charge is 0.243 e. The van der Waals surface area contributed by atoms with E-state index in [4.69, 9.17) is 11.6 Å². The second-order valence-electron chi connectivity index (χ2n) is 8.48. The predicted molar refractivity (Wildman–Crippen MR) is 139 cm³/mol. The molecule has 0 spiro atoms. The van der Waals surface area contributed by atoms with E-state index in [2.05, 4.69) is 12.2 Å². The molecule has 1 N–H and O–H groups in total. The van der Waals surface area contributed by atoms with Crippen molar-refractivity contribution in [1.29, 1.82) is 0 Å². The van der Waals surface area contributed by atoms with E-state index in [0.29, 0.717) is 37.4 Å². The summed E-state index contributed by atoms with van der Waals surface area (Å²) < 4.78 is 0. The molecular formula is C29H33ClN2O2. The number of carbonyl (C=O) groups excluding carboxylic acids is 2. The highest BCUT2D eigenvalue weighted by atomic mass is 35.5. The van der Waals surface area contributed by atoms with Crippen molar-refractivity contribution < 1.29 is 9.59 Å². The van der Waals surface area contributed by atoms with E-state index in [1.807, 2.05) is 84.9 Å². The average molecular weight is 477 g/mol. The molecule has 0 saturated carbocycles. The molecule has 2 amide bonds. The molecule has 1 atom stereocenters. The van der Waals surface area contributed by atoms with Crippen LogP contribution in [-0.4, -0.2) is 29.3 Å². The van der Waals surface area contributed by atoms with Crippen LogP contribution < -0.4 is 5.32 Å². The Bertz CT molecular complexity index is 1020. The molecule has 0 aliphatic rings. The number of unbranched alkanes of at least 4 members (excludes halogenated alkanes) is 1. The van der Waals surface area contributed by atoms with Crippen molar-refractivity contribution in [3.05, 3.63) is 107 Å². The molecule has 3 aromatic rings. The van der Waals surface area contributed by atoms with Crippen molar-refractivity contribution in [2.75, 3.05) is 6.54 Å². The zero-order chi connectivity index (χ0) is 24.2. The highest BCUT2D eigenvalue weighted by Gasteiger charge is 2.30. The molecule has 1 unspecified atom stereocenters. The summed E-state index contributed by atoms with van der Waals surface area (Å²) in [6.07, 6.45) is 3.33. The maximum Gasteiger partial charge on any atom is 0.243 e. The zero-order valence-electron chi connectivity index (χ0n) is 19.8. The van der Waals surface area contributed by atoms with Crippen LogP contribution in [0.1, 0.15) is 42.9 Å². The van der Waals surface area contributed by atoms with E-state index in [1.165, 1.54) is 0 Å². The van der Waals surface area contributed by atoms with Gasteiger partial charge in [-0.1, -0.05) is 97.7 Å². The van der Waals surface area contributed by atoms with E-state index in [0.717, 1.165) is 29.5 Å². The maximum absolute atomic E-state index is 13.6. The van der Waals surface area contributed by atoms with E-state index < -0.39 is 6.04 Å². The number of amides is 2. The lowest BCUT2D eigenvalue weighted by atomic mass is 10.0. The third kappa shape index (κ3) is 8.03. The summed E-state index contributed by atoms with van der Waals surface area (Å²) in [6, 6.07) is 26.7. The van der Waals surface area contributed by atoms with Crippen LogP contribution >= 0.6 is 11.6 Å². The highest BCUT2D eigenvalue weighted by Crippen LogP contribution is 2.18. The zero-order valence-corrected chi connectivity index (χ0v) is 20.5. The first kappa shape index (κ1) is 25.5. The van der Waals surface area contributed by atoms with Gasteiger partial charge in [-0.15, -0.1) is 0 Å². The minimum atomic E-state index is -0.599. The van der Waals surface area contributed by atoms with Gasteiger partial charge in [-0.05, 0) is 41.7 Å². The van der Waals surface area contributed by atoms with Crippen LogP contribution in [0.2, 0.25) is 5.02 Å². The van der Waals surface area contributed by atoms with E-state index in [1.54, 1.807) is 4.90 Å².